The zero-order chi connectivity index (χ0) is 15.3. The molecular formula is C8H14NNaO8S2. The van der Waals surface area contributed by atoms with Crippen molar-refractivity contribution >= 4 is 27.4 Å². The van der Waals surface area contributed by atoms with Crippen LogP contribution in [0.5, 0.6) is 0 Å². The number of aliphatic hydroxyl groups excluding tert-OH is 1. The van der Waals surface area contributed by atoms with E-state index in [9.17, 15) is 0 Å². The number of para-hydroxylation sites is 1. The second-order valence-corrected chi connectivity index (χ2v) is 4.01. The van der Waals surface area contributed by atoms with E-state index in [1.807, 2.05) is 30.3 Å². The van der Waals surface area contributed by atoms with E-state index in [-0.39, 0.29) is 36.2 Å². The van der Waals surface area contributed by atoms with Crippen LogP contribution < -0.4 is 34.9 Å². The van der Waals surface area contributed by atoms with Crippen LogP contribution in [0.1, 0.15) is 0 Å². The monoisotopic (exact) mass is 339 g/mol. The Morgan fingerprint density at radius 1 is 1.20 bits per heavy atom. The average Bonchev–Trinajstić information content (AvgIpc) is 2.25. The summed E-state index contributed by atoms with van der Waals surface area (Å²) >= 11 is -2.86. The molecule has 20 heavy (non-hydrogen) atoms. The summed E-state index contributed by atoms with van der Waals surface area (Å²) in [5.74, 6) is 0. The molecule has 0 radical (unpaired) electrons. The average molecular weight is 339 g/mol. The van der Waals surface area contributed by atoms with Crippen molar-refractivity contribution in [1.29, 1.82) is 0 Å². The Hall–Kier alpha value is -0.0800. The summed E-state index contributed by atoms with van der Waals surface area (Å²) in [7, 11) is -4.67. The zero-order valence-electron chi connectivity index (χ0n) is 10.5. The minimum Gasteiger partial charge on any atom is -0.750 e. The molecule has 1 aromatic carbocycles. The maximum Gasteiger partial charge on any atom is 1.00 e. The molecule has 12 heteroatoms. The van der Waals surface area contributed by atoms with Crippen molar-refractivity contribution < 1.29 is 65.5 Å². The molecule has 9 nitrogen and oxygen atoms in total. The first-order valence-electron chi connectivity index (χ1n) is 4.54. The van der Waals surface area contributed by atoms with Crippen molar-refractivity contribution in [2.24, 2.45) is 0 Å². The normalized spacial score (nSPS) is 10.7. The van der Waals surface area contributed by atoms with Gasteiger partial charge in [-0.2, -0.15) is 8.42 Å². The van der Waals surface area contributed by atoms with Crippen molar-refractivity contribution in [3.8, 4) is 0 Å². The number of hydrogen-bond donors (Lipinski definition) is 5. The molecule has 0 bridgehead atoms. The molecule has 112 valence electrons. The van der Waals surface area contributed by atoms with E-state index in [0.717, 1.165) is 5.69 Å². The van der Waals surface area contributed by atoms with Gasteiger partial charge in [-0.1, -0.05) is 18.2 Å². The molecule has 0 fully saturated rings. The van der Waals surface area contributed by atoms with Crippen LogP contribution in [-0.4, -0.2) is 49.1 Å². The van der Waals surface area contributed by atoms with E-state index >= 15 is 0 Å². The Labute approximate surface area is 141 Å². The number of aliphatic hydroxyl groups is 1. The zero-order valence-corrected chi connectivity index (χ0v) is 14.2. The van der Waals surface area contributed by atoms with Gasteiger partial charge in [-0.05, 0) is 12.1 Å². The second kappa shape index (κ2) is 15.3. The van der Waals surface area contributed by atoms with Crippen molar-refractivity contribution in [2.75, 3.05) is 18.5 Å². The molecule has 0 heterocycles. The second-order valence-electron chi connectivity index (χ2n) is 2.68. The van der Waals surface area contributed by atoms with Crippen LogP contribution >= 0.6 is 0 Å². The number of nitrogens with one attached hydrogen (secondary N) is 1. The molecule has 0 saturated carbocycles. The largest absolute Gasteiger partial charge is 1.00 e. The quantitative estimate of drug-likeness (QED) is 0.216. The maximum atomic E-state index is 8.74. The van der Waals surface area contributed by atoms with E-state index in [1.54, 1.807) is 0 Å². The standard InChI is InChI=1S/C8H11NO.Na.H2O4S.H2O3S/c10-7-6-9-8-4-2-1-3-5-8;;1-5(2,3)4;1-4(2)3/h1-5,9-10H,6-7H2;;(H2,1,2,3,4);(H2,1,2,3)/q;+1;;/p-1. The Morgan fingerprint density at radius 3 is 1.85 bits per heavy atom. The molecule has 0 amide bonds. The van der Waals surface area contributed by atoms with Crippen molar-refractivity contribution in [1.82, 2.24) is 0 Å². The van der Waals surface area contributed by atoms with Gasteiger partial charge in [0.15, 0.2) is 0 Å². The van der Waals surface area contributed by atoms with Crippen molar-refractivity contribution in [3.05, 3.63) is 30.3 Å². The van der Waals surface area contributed by atoms with Gasteiger partial charge in [0, 0.05) is 12.2 Å². The first kappa shape index (κ1) is 24.9. The van der Waals surface area contributed by atoms with Crippen LogP contribution in [0.25, 0.3) is 0 Å². The summed E-state index contributed by atoms with van der Waals surface area (Å²) in [6, 6.07) is 9.81. The third kappa shape index (κ3) is 36.1. The molecule has 1 unspecified atom stereocenters. The topological polar surface area (TPSA) is 167 Å². The molecule has 1 rings (SSSR count). The minimum atomic E-state index is -4.67. The van der Waals surface area contributed by atoms with Gasteiger partial charge in [0.25, 0.3) is 0 Å². The van der Waals surface area contributed by atoms with E-state index in [1.165, 1.54) is 0 Å². The van der Waals surface area contributed by atoms with Crippen LogP contribution in [0.4, 0.5) is 5.69 Å². The summed E-state index contributed by atoms with van der Waals surface area (Å²) in [5.41, 5.74) is 1.05. The molecule has 0 aromatic heterocycles. The van der Waals surface area contributed by atoms with Gasteiger partial charge in [-0.3, -0.25) is 9.11 Å². The van der Waals surface area contributed by atoms with E-state index in [0.29, 0.717) is 6.54 Å². The van der Waals surface area contributed by atoms with Crippen LogP contribution in [0, 0.1) is 0 Å². The van der Waals surface area contributed by atoms with Gasteiger partial charge in [0.2, 0.25) is 0 Å². The van der Waals surface area contributed by atoms with Crippen LogP contribution in [0.3, 0.4) is 0 Å². The first-order chi connectivity index (χ1) is 8.66. The predicted octanol–water partition coefficient (Wildman–Crippen LogP) is -3.22. The van der Waals surface area contributed by atoms with Crippen molar-refractivity contribution in [3.63, 3.8) is 0 Å². The smallest absolute Gasteiger partial charge is 0.750 e. The van der Waals surface area contributed by atoms with Gasteiger partial charge in [0.05, 0.1) is 18.0 Å². The Kier molecular flexibility index (Phi) is 19.1. The molecule has 1 aromatic rings. The Bertz CT molecular complexity index is 429. The SMILES string of the molecule is O=S(=O)(O)O.O=S([O-])O.OCCNc1ccccc1.[Na+]. The van der Waals surface area contributed by atoms with Crippen molar-refractivity contribution in [2.45, 2.75) is 0 Å². The Balaban J connectivity index is -0.000000247. The molecule has 0 aliphatic heterocycles. The van der Waals surface area contributed by atoms with Gasteiger partial charge in [-0.25, -0.2) is 4.21 Å². The summed E-state index contributed by atoms with van der Waals surface area (Å²) in [4.78, 5) is 0. The first-order valence-corrected chi connectivity index (χ1v) is 6.97. The maximum absolute atomic E-state index is 8.74. The molecule has 1 atom stereocenters. The third-order valence-corrected chi connectivity index (χ3v) is 1.21. The van der Waals surface area contributed by atoms with Crippen LogP contribution in [0.2, 0.25) is 0 Å². The third-order valence-electron chi connectivity index (χ3n) is 1.21. The van der Waals surface area contributed by atoms with Gasteiger partial charge < -0.3 is 19.5 Å². The van der Waals surface area contributed by atoms with E-state index in [4.69, 9.17) is 35.9 Å². The molecule has 0 saturated heterocycles. The molecular weight excluding hydrogens is 325 g/mol. The van der Waals surface area contributed by atoms with Gasteiger partial charge in [0.1, 0.15) is 0 Å². The Morgan fingerprint density at radius 2 is 1.55 bits per heavy atom. The molecule has 5 N–H and O–H groups in total. The fourth-order valence-corrected chi connectivity index (χ4v) is 0.756. The molecule has 0 spiro atoms. The number of rotatable bonds is 3. The molecule has 0 aliphatic rings. The van der Waals surface area contributed by atoms with E-state index in [2.05, 4.69) is 5.32 Å². The van der Waals surface area contributed by atoms with Gasteiger partial charge in [-0.15, -0.1) is 0 Å². The fourth-order valence-electron chi connectivity index (χ4n) is 0.756. The minimum absolute atomic E-state index is 0. The molecule has 0 aliphatic carbocycles. The van der Waals surface area contributed by atoms with E-state index < -0.39 is 21.8 Å². The van der Waals surface area contributed by atoms with Crippen LogP contribution in [-0.2, 0) is 21.8 Å². The van der Waals surface area contributed by atoms with Crippen LogP contribution in [0.15, 0.2) is 30.3 Å². The number of anilines is 1. The summed E-state index contributed by atoms with van der Waals surface area (Å²) in [6.07, 6.45) is 0. The fraction of sp³-hybridized carbons (Fsp3) is 0.250. The summed E-state index contributed by atoms with van der Waals surface area (Å²) < 4.78 is 55.7. The summed E-state index contributed by atoms with van der Waals surface area (Å²) in [5, 5.41) is 11.5. The van der Waals surface area contributed by atoms with Gasteiger partial charge >= 0.3 is 40.0 Å². The summed E-state index contributed by atoms with van der Waals surface area (Å²) in [6.45, 7) is 0.791. The predicted molar refractivity (Wildman–Crippen MR) is 67.7 cm³/mol. The number of hydrogen-bond acceptors (Lipinski definition) is 6. The number of benzene rings is 1.